The summed E-state index contributed by atoms with van der Waals surface area (Å²) in [6, 6.07) is 4.68. The first-order valence-electron chi connectivity index (χ1n) is 6.59. The number of hydrogen-bond donors (Lipinski definition) is 0. The largest absolute Gasteiger partial charge is 0.490 e. The lowest BCUT2D eigenvalue weighted by atomic mass is 10.1. The molecule has 0 bridgehead atoms. The molecule has 0 amide bonds. The van der Waals surface area contributed by atoms with Crippen LogP contribution in [0.3, 0.4) is 0 Å². The average Bonchev–Trinajstić information content (AvgIpc) is 2.50. The number of carbonyl (C=O) groups is 1. The molecule has 1 aromatic rings. The topological polar surface area (TPSA) is 78.7 Å². The average molecular weight is 305 g/mol. The molecule has 0 aromatic heterocycles. The summed E-state index contributed by atoms with van der Waals surface area (Å²) in [4.78, 5) is 21.4. The predicted octanol–water partition coefficient (Wildman–Crippen LogP) is 3.29. The lowest BCUT2D eigenvalue weighted by Crippen LogP contribution is -1.98. The third kappa shape index (κ3) is 5.62. The summed E-state index contributed by atoms with van der Waals surface area (Å²) in [6.07, 6.45) is 9.64. The Morgan fingerprint density at radius 3 is 2.64 bits per heavy atom. The molecule has 1 rings (SSSR count). The van der Waals surface area contributed by atoms with Crippen LogP contribution in [0.25, 0.3) is 6.08 Å². The monoisotopic (exact) mass is 305 g/mol. The summed E-state index contributed by atoms with van der Waals surface area (Å²) >= 11 is 0. The lowest BCUT2D eigenvalue weighted by molar-refractivity contribution is -0.385. The summed E-state index contributed by atoms with van der Waals surface area (Å²) in [6.45, 7) is 2.07. The highest BCUT2D eigenvalue weighted by molar-refractivity contribution is 5.82. The molecule has 0 aliphatic heterocycles. The van der Waals surface area contributed by atoms with Crippen LogP contribution in [0.15, 0.2) is 48.6 Å². The first-order valence-corrected chi connectivity index (χ1v) is 6.59. The Balaban J connectivity index is 2.69. The van der Waals surface area contributed by atoms with E-state index in [1.807, 2.05) is 0 Å². The normalized spacial score (nSPS) is 11.4. The predicted molar refractivity (Wildman–Crippen MR) is 83.6 cm³/mol. The van der Waals surface area contributed by atoms with Crippen LogP contribution in [0.1, 0.15) is 12.5 Å². The number of ether oxygens (including phenoxy) is 2. The summed E-state index contributed by atoms with van der Waals surface area (Å²) in [5, 5.41) is 10.9. The zero-order valence-corrected chi connectivity index (χ0v) is 12.4. The van der Waals surface area contributed by atoms with E-state index in [0.717, 1.165) is 0 Å². The number of benzene rings is 1. The Hall–Kier alpha value is -2.89. The summed E-state index contributed by atoms with van der Waals surface area (Å²) < 4.78 is 9.65. The molecule has 0 aliphatic rings. The highest BCUT2D eigenvalue weighted by Gasteiger charge is 2.13. The molecule has 0 heterocycles. The molecule has 0 N–H and O–H groups in total. The van der Waals surface area contributed by atoms with E-state index in [2.05, 4.69) is 0 Å². The fourth-order valence-electron chi connectivity index (χ4n) is 1.57. The van der Waals surface area contributed by atoms with Crippen LogP contribution in [-0.4, -0.2) is 24.6 Å². The van der Waals surface area contributed by atoms with Gasteiger partial charge in [-0.15, -0.1) is 0 Å². The fraction of sp³-hybridized carbons (Fsp3) is 0.188. The van der Waals surface area contributed by atoms with Gasteiger partial charge in [0.15, 0.2) is 5.75 Å². The number of nitro groups is 1. The SMILES string of the molecule is CCO[13C](=O)/[13CH]=C/C=C/C=C/c1ccc(OC)c([N+](=O)[O-])c1. The molecule has 1 aromatic carbocycles. The molecular formula is C16H17NO5. The van der Waals surface area contributed by atoms with E-state index in [0.29, 0.717) is 12.2 Å². The summed E-state index contributed by atoms with van der Waals surface area (Å²) in [7, 11) is 1.39. The molecule has 6 heteroatoms. The second kappa shape index (κ2) is 9.12. The first kappa shape index (κ1) is 17.2. The molecule has 0 saturated carbocycles. The van der Waals surface area contributed by atoms with Gasteiger partial charge in [-0.05, 0) is 18.6 Å². The van der Waals surface area contributed by atoms with E-state index in [-0.39, 0.29) is 11.4 Å². The van der Waals surface area contributed by atoms with Gasteiger partial charge in [-0.1, -0.05) is 36.4 Å². The molecule has 0 atom stereocenters. The van der Waals surface area contributed by atoms with Gasteiger partial charge in [-0.3, -0.25) is 10.1 Å². The van der Waals surface area contributed by atoms with Gasteiger partial charge in [0, 0.05) is 12.1 Å². The molecule has 0 spiro atoms. The second-order valence-electron chi connectivity index (χ2n) is 4.04. The first-order chi connectivity index (χ1) is 10.6. The van der Waals surface area contributed by atoms with Crippen molar-refractivity contribution >= 4 is 17.7 Å². The zero-order valence-electron chi connectivity index (χ0n) is 12.4. The number of methoxy groups -OCH3 is 1. The Kier molecular flexibility index (Phi) is 7.12. The van der Waals surface area contributed by atoms with Gasteiger partial charge in [-0.25, -0.2) is 4.79 Å². The summed E-state index contributed by atoms with van der Waals surface area (Å²) in [5.41, 5.74) is 0.586. The van der Waals surface area contributed by atoms with Gasteiger partial charge in [0.25, 0.3) is 0 Å². The van der Waals surface area contributed by atoms with E-state index in [9.17, 15) is 14.9 Å². The number of nitrogens with zero attached hydrogens (tertiary/aromatic N) is 1. The molecule has 0 radical (unpaired) electrons. The lowest BCUT2D eigenvalue weighted by Gasteiger charge is -2.01. The number of carbonyl (C=O) groups excluding carboxylic acids is 1. The maximum absolute atomic E-state index is 11.0. The van der Waals surface area contributed by atoms with Crippen molar-refractivity contribution in [2.45, 2.75) is 6.92 Å². The van der Waals surface area contributed by atoms with E-state index in [1.54, 1.807) is 49.4 Å². The Labute approximate surface area is 128 Å². The van der Waals surface area contributed by atoms with Gasteiger partial charge >= 0.3 is 11.7 Å². The van der Waals surface area contributed by atoms with Gasteiger partial charge in [0.1, 0.15) is 0 Å². The maximum atomic E-state index is 11.0. The van der Waals surface area contributed by atoms with Gasteiger partial charge < -0.3 is 9.47 Å². The number of esters is 1. The maximum Gasteiger partial charge on any atom is 0.330 e. The Morgan fingerprint density at radius 2 is 2.00 bits per heavy atom. The Morgan fingerprint density at radius 1 is 1.27 bits per heavy atom. The van der Waals surface area contributed by atoms with Crippen LogP contribution in [0, 0.1) is 10.1 Å². The van der Waals surface area contributed by atoms with Gasteiger partial charge in [-0.2, -0.15) is 0 Å². The van der Waals surface area contributed by atoms with Crippen LogP contribution in [0.4, 0.5) is 5.69 Å². The minimum Gasteiger partial charge on any atom is -0.490 e. The van der Waals surface area contributed by atoms with Crippen LogP contribution < -0.4 is 4.74 Å². The Bertz CT molecular complexity index is 617. The number of rotatable bonds is 7. The molecule has 0 unspecified atom stereocenters. The molecule has 22 heavy (non-hydrogen) atoms. The van der Waals surface area contributed by atoms with E-state index >= 15 is 0 Å². The fourth-order valence-corrected chi connectivity index (χ4v) is 1.57. The van der Waals surface area contributed by atoms with E-state index < -0.39 is 10.9 Å². The minimum atomic E-state index is -0.492. The minimum absolute atomic E-state index is 0.0872. The van der Waals surface area contributed by atoms with Crippen molar-refractivity contribution in [2.24, 2.45) is 0 Å². The van der Waals surface area contributed by atoms with Gasteiger partial charge in [0.05, 0.1) is 18.6 Å². The number of nitro benzene ring substituents is 1. The van der Waals surface area contributed by atoms with Crippen molar-refractivity contribution in [2.75, 3.05) is 13.7 Å². The van der Waals surface area contributed by atoms with Crippen molar-refractivity contribution in [1.29, 1.82) is 0 Å². The molecular weight excluding hydrogens is 288 g/mol. The number of allylic oxidation sites excluding steroid dienone is 4. The van der Waals surface area contributed by atoms with Crippen LogP contribution in [0.5, 0.6) is 5.75 Å². The third-order valence-electron chi connectivity index (χ3n) is 2.54. The highest BCUT2D eigenvalue weighted by Crippen LogP contribution is 2.27. The van der Waals surface area contributed by atoms with Crippen molar-refractivity contribution in [1.82, 2.24) is 0 Å². The van der Waals surface area contributed by atoms with Crippen molar-refractivity contribution in [3.8, 4) is 5.75 Å². The van der Waals surface area contributed by atoms with E-state index in [1.165, 1.54) is 19.3 Å². The van der Waals surface area contributed by atoms with Crippen LogP contribution in [-0.2, 0) is 9.53 Å². The molecule has 0 fully saturated rings. The molecule has 116 valence electrons. The number of hydrogen-bond acceptors (Lipinski definition) is 5. The van der Waals surface area contributed by atoms with Crippen molar-refractivity contribution in [3.05, 3.63) is 64.3 Å². The molecule has 0 aliphatic carbocycles. The van der Waals surface area contributed by atoms with Crippen LogP contribution in [0.2, 0.25) is 0 Å². The zero-order chi connectivity index (χ0) is 16.4. The summed E-state index contributed by atoms with van der Waals surface area (Å²) in [5.74, 6) is -0.183. The standard InChI is InChI=1S/C16H17NO5/c1-3-22-16(18)9-7-5-4-6-8-13-10-11-15(21-2)14(12-13)17(19)20/h4-12H,3H2,1-2H3/b5-4+,8-6+,9-7+/i9+1,16+1. The second-order valence-corrected chi connectivity index (χ2v) is 4.04. The molecule has 6 nitrogen and oxygen atoms in total. The molecule has 0 saturated heterocycles. The van der Waals surface area contributed by atoms with Crippen molar-refractivity contribution < 1.29 is 19.2 Å². The van der Waals surface area contributed by atoms with Crippen molar-refractivity contribution in [3.63, 3.8) is 0 Å². The smallest absolute Gasteiger partial charge is 0.330 e. The highest BCUT2D eigenvalue weighted by atomic mass is 16.6. The van der Waals surface area contributed by atoms with Crippen LogP contribution >= 0.6 is 0 Å². The van der Waals surface area contributed by atoms with E-state index in [4.69, 9.17) is 9.47 Å². The van der Waals surface area contributed by atoms with Gasteiger partial charge in [0.2, 0.25) is 0 Å². The third-order valence-corrected chi connectivity index (χ3v) is 2.54. The quantitative estimate of drug-likeness (QED) is 0.193.